The number of aliphatic hydroxyl groups is 1. The van der Waals surface area contributed by atoms with Gasteiger partial charge in [0.15, 0.2) is 5.76 Å². The first kappa shape index (κ1) is 32.4. The molecule has 0 saturated carbocycles. The molecule has 1 aromatic heterocycles. The highest BCUT2D eigenvalue weighted by Gasteiger charge is 2.35. The van der Waals surface area contributed by atoms with E-state index in [2.05, 4.69) is 9.88 Å². The molecule has 2 N–H and O–H groups in total. The Bertz CT molecular complexity index is 1670. The molecule has 4 rings (SSSR count). The van der Waals surface area contributed by atoms with Crippen LogP contribution in [0, 0.1) is 25.6 Å². The number of amides is 1. The van der Waals surface area contributed by atoms with Gasteiger partial charge in [-0.2, -0.15) is 4.31 Å². The zero-order valence-electron chi connectivity index (χ0n) is 24.4. The highest BCUT2D eigenvalue weighted by atomic mass is 32.2. The second-order valence-corrected chi connectivity index (χ2v) is 14.4. The smallest absolute Gasteiger partial charge is 0.261 e. The second-order valence-electron chi connectivity index (χ2n) is 10.7. The molecule has 0 spiro atoms. The van der Waals surface area contributed by atoms with Crippen molar-refractivity contribution >= 4 is 31.6 Å². The molecule has 1 amide bonds. The van der Waals surface area contributed by atoms with Crippen LogP contribution in [0.2, 0.25) is 0 Å². The van der Waals surface area contributed by atoms with Crippen LogP contribution in [0.1, 0.15) is 30.9 Å². The summed E-state index contributed by atoms with van der Waals surface area (Å²) in [5.74, 6) is -0.863. The first-order valence-electron chi connectivity index (χ1n) is 13.5. The molecule has 3 atom stereocenters. The van der Waals surface area contributed by atoms with Gasteiger partial charge in [-0.25, -0.2) is 21.2 Å². The van der Waals surface area contributed by atoms with Crippen LogP contribution in [0.15, 0.2) is 56.8 Å². The molecule has 0 saturated heterocycles. The maximum Gasteiger partial charge on any atom is 0.261 e. The second kappa shape index (κ2) is 12.6. The fourth-order valence-electron chi connectivity index (χ4n) is 4.89. The molecule has 0 radical (unpaired) electrons. The number of rotatable bonds is 9. The molecule has 0 bridgehead atoms. The number of anilines is 1. The van der Waals surface area contributed by atoms with E-state index in [0.29, 0.717) is 5.56 Å². The van der Waals surface area contributed by atoms with Crippen LogP contribution in [0.5, 0.6) is 5.75 Å². The van der Waals surface area contributed by atoms with Crippen LogP contribution >= 0.6 is 0 Å². The summed E-state index contributed by atoms with van der Waals surface area (Å²) in [6.07, 6.45) is -0.918. The van der Waals surface area contributed by atoms with Gasteiger partial charge in [-0.1, -0.05) is 12.1 Å². The van der Waals surface area contributed by atoms with E-state index < -0.39 is 38.0 Å². The minimum absolute atomic E-state index is 0.0325. The summed E-state index contributed by atoms with van der Waals surface area (Å²) in [7, 11) is -6.67. The summed E-state index contributed by atoms with van der Waals surface area (Å²) in [4.78, 5) is 14.8. The summed E-state index contributed by atoms with van der Waals surface area (Å²) >= 11 is 0. The molecule has 2 aromatic carbocycles. The van der Waals surface area contributed by atoms with Gasteiger partial charge in [0, 0.05) is 30.8 Å². The average molecular weight is 639 g/mol. The van der Waals surface area contributed by atoms with Crippen molar-refractivity contribution < 1.29 is 40.4 Å². The lowest BCUT2D eigenvalue weighted by atomic mass is 10.0. The summed E-state index contributed by atoms with van der Waals surface area (Å²) in [5.41, 5.74) is 0.722. The SMILES string of the molecule is Cc1noc(C)c1S(=O)(=O)N(C)C[C@@H]1Oc2ccc(NS(=O)(=O)c3ccc(F)cc3)cc2CC(=O)N([C@H](C)CO)C[C@@H]1C. The predicted molar refractivity (Wildman–Crippen MR) is 155 cm³/mol. The lowest BCUT2D eigenvalue weighted by Crippen LogP contribution is -2.48. The third kappa shape index (κ3) is 7.00. The fourth-order valence-corrected chi connectivity index (χ4v) is 7.40. The van der Waals surface area contributed by atoms with Gasteiger partial charge in [0.2, 0.25) is 15.9 Å². The van der Waals surface area contributed by atoms with Gasteiger partial charge >= 0.3 is 0 Å². The van der Waals surface area contributed by atoms with Crippen molar-refractivity contribution in [2.24, 2.45) is 5.92 Å². The number of sulfonamides is 2. The molecule has 1 aliphatic rings. The van der Waals surface area contributed by atoms with Gasteiger partial charge < -0.3 is 19.3 Å². The zero-order chi connectivity index (χ0) is 31.7. The molecular formula is C28H35FN4O8S2. The third-order valence-electron chi connectivity index (χ3n) is 7.37. The van der Waals surface area contributed by atoms with Gasteiger partial charge in [0.05, 0.1) is 30.5 Å². The Labute approximate surface area is 250 Å². The molecule has 0 unspecified atom stereocenters. The number of aliphatic hydroxyl groups excluding tert-OH is 1. The number of aromatic nitrogens is 1. The van der Waals surface area contributed by atoms with E-state index in [0.717, 1.165) is 28.6 Å². The van der Waals surface area contributed by atoms with Crippen molar-refractivity contribution in [2.75, 3.05) is 31.5 Å². The number of nitrogens with zero attached hydrogens (tertiary/aromatic N) is 3. The summed E-state index contributed by atoms with van der Waals surface area (Å²) in [6.45, 7) is 6.34. The number of hydrogen-bond donors (Lipinski definition) is 2. The number of benzene rings is 2. The topological polar surface area (TPSA) is 159 Å². The number of halogens is 1. The lowest BCUT2D eigenvalue weighted by Gasteiger charge is -2.33. The molecule has 43 heavy (non-hydrogen) atoms. The number of aryl methyl sites for hydroxylation is 2. The van der Waals surface area contributed by atoms with E-state index >= 15 is 0 Å². The van der Waals surface area contributed by atoms with E-state index in [1.807, 2.05) is 6.92 Å². The summed E-state index contributed by atoms with van der Waals surface area (Å²) in [6, 6.07) is 8.23. The quantitative estimate of drug-likeness (QED) is 0.359. The number of fused-ring (bicyclic) bond motifs is 1. The minimum atomic E-state index is -4.07. The van der Waals surface area contributed by atoms with Crippen LogP contribution in [-0.4, -0.2) is 81.1 Å². The Balaban J connectivity index is 1.69. The first-order chi connectivity index (χ1) is 20.1. The van der Waals surface area contributed by atoms with E-state index in [1.54, 1.807) is 6.92 Å². The normalized spacial score (nSPS) is 18.8. The maximum atomic E-state index is 13.5. The number of carbonyl (C=O) groups is 1. The average Bonchev–Trinajstić information content (AvgIpc) is 3.31. The molecule has 1 aliphatic heterocycles. The van der Waals surface area contributed by atoms with E-state index in [1.165, 1.54) is 44.0 Å². The van der Waals surface area contributed by atoms with Crippen LogP contribution in [0.4, 0.5) is 10.1 Å². The maximum absolute atomic E-state index is 13.5. The first-order valence-corrected chi connectivity index (χ1v) is 16.4. The monoisotopic (exact) mass is 638 g/mol. The number of ether oxygens (including phenoxy) is 1. The van der Waals surface area contributed by atoms with Gasteiger partial charge in [-0.15, -0.1) is 0 Å². The summed E-state index contributed by atoms with van der Waals surface area (Å²) in [5, 5.41) is 13.6. The molecule has 3 aromatic rings. The molecule has 12 nitrogen and oxygen atoms in total. The predicted octanol–water partition coefficient (Wildman–Crippen LogP) is 2.70. The Morgan fingerprint density at radius 1 is 1.16 bits per heavy atom. The van der Waals surface area contributed by atoms with Crippen molar-refractivity contribution in [3.63, 3.8) is 0 Å². The van der Waals surface area contributed by atoms with Crippen LogP contribution < -0.4 is 9.46 Å². The number of likely N-dealkylation sites (N-methyl/N-ethyl adjacent to an activating group) is 1. The zero-order valence-corrected chi connectivity index (χ0v) is 26.1. The van der Waals surface area contributed by atoms with Crippen molar-refractivity contribution in [3.05, 3.63) is 65.3 Å². The molecule has 15 heteroatoms. The molecule has 0 fully saturated rings. The third-order valence-corrected chi connectivity index (χ3v) is 10.8. The number of nitrogens with one attached hydrogen (secondary N) is 1. The standard InChI is InChI=1S/C28H35FN4O8S2/c1-17-14-33(18(2)16-34)27(35)13-21-12-23(31-42(36,37)24-9-6-22(29)7-10-24)8-11-25(21)40-26(17)15-32(5)43(38,39)28-19(3)30-41-20(28)4/h6-12,17-18,26,31,34H,13-16H2,1-5H3/t17-,18+,26-/m0/s1. The Hall–Kier alpha value is -3.53. The number of hydrogen-bond acceptors (Lipinski definition) is 9. The largest absolute Gasteiger partial charge is 0.488 e. The van der Waals surface area contributed by atoms with Gasteiger partial charge in [0.1, 0.15) is 28.3 Å². The highest BCUT2D eigenvalue weighted by molar-refractivity contribution is 7.92. The lowest BCUT2D eigenvalue weighted by molar-refractivity contribution is -0.134. The Morgan fingerprint density at radius 2 is 1.84 bits per heavy atom. The molecule has 0 aliphatic carbocycles. The van der Waals surface area contributed by atoms with Gasteiger partial charge in [-0.3, -0.25) is 9.52 Å². The van der Waals surface area contributed by atoms with E-state index in [9.17, 15) is 31.1 Å². The summed E-state index contributed by atoms with van der Waals surface area (Å²) < 4.78 is 81.1. The van der Waals surface area contributed by atoms with E-state index in [4.69, 9.17) is 9.26 Å². The Morgan fingerprint density at radius 3 is 2.44 bits per heavy atom. The number of carbonyl (C=O) groups excluding carboxylic acids is 1. The minimum Gasteiger partial charge on any atom is -0.488 e. The van der Waals surface area contributed by atoms with Crippen molar-refractivity contribution in [1.82, 2.24) is 14.4 Å². The fraction of sp³-hybridized carbons (Fsp3) is 0.429. The van der Waals surface area contributed by atoms with Gasteiger partial charge in [0.25, 0.3) is 10.0 Å². The molecule has 234 valence electrons. The molecular weight excluding hydrogens is 603 g/mol. The van der Waals surface area contributed by atoms with E-state index in [-0.39, 0.29) is 70.6 Å². The van der Waals surface area contributed by atoms with Crippen molar-refractivity contribution in [1.29, 1.82) is 0 Å². The van der Waals surface area contributed by atoms with Crippen molar-refractivity contribution in [2.45, 2.75) is 56.1 Å². The van der Waals surface area contributed by atoms with Crippen LogP contribution in [-0.2, 0) is 31.3 Å². The molecule has 2 heterocycles. The van der Waals surface area contributed by atoms with Gasteiger partial charge in [-0.05, 0) is 63.2 Å². The highest BCUT2D eigenvalue weighted by Crippen LogP contribution is 2.31. The Kier molecular flexibility index (Phi) is 9.49. The van der Waals surface area contributed by atoms with Crippen LogP contribution in [0.25, 0.3) is 0 Å². The van der Waals surface area contributed by atoms with Crippen molar-refractivity contribution in [3.8, 4) is 5.75 Å². The van der Waals surface area contributed by atoms with Crippen LogP contribution in [0.3, 0.4) is 0 Å².